The molecule has 1 saturated carbocycles. The lowest BCUT2D eigenvalue weighted by Crippen LogP contribution is -2.42. The molecule has 96 valence electrons. The summed E-state index contributed by atoms with van der Waals surface area (Å²) in [6, 6.07) is 0. The SMILES string of the molecule is CC(C)C(CS)CN(C)CC1(O)CCCC1. The van der Waals surface area contributed by atoms with Gasteiger partial charge in [0.15, 0.2) is 0 Å². The van der Waals surface area contributed by atoms with Crippen LogP contribution in [-0.4, -0.2) is 41.5 Å². The highest BCUT2D eigenvalue weighted by atomic mass is 32.1. The fourth-order valence-corrected chi connectivity index (χ4v) is 3.18. The van der Waals surface area contributed by atoms with E-state index >= 15 is 0 Å². The lowest BCUT2D eigenvalue weighted by molar-refractivity contribution is 0.0121. The monoisotopic (exact) mass is 245 g/mol. The van der Waals surface area contributed by atoms with E-state index < -0.39 is 5.60 Å². The molecule has 0 heterocycles. The second-order valence-corrected chi connectivity index (χ2v) is 6.18. The Kier molecular flexibility index (Phi) is 5.62. The smallest absolute Gasteiger partial charge is 0.0774 e. The Bertz CT molecular complexity index is 202. The van der Waals surface area contributed by atoms with Crippen LogP contribution in [0.5, 0.6) is 0 Å². The van der Waals surface area contributed by atoms with Crippen molar-refractivity contribution in [2.45, 2.75) is 45.1 Å². The Labute approximate surface area is 106 Å². The van der Waals surface area contributed by atoms with E-state index in [1.165, 1.54) is 12.8 Å². The average Bonchev–Trinajstić information content (AvgIpc) is 2.60. The number of rotatable bonds is 6. The third-order valence-corrected chi connectivity index (χ3v) is 4.29. The van der Waals surface area contributed by atoms with Crippen molar-refractivity contribution in [3.63, 3.8) is 0 Å². The van der Waals surface area contributed by atoms with Crippen molar-refractivity contribution >= 4 is 12.6 Å². The van der Waals surface area contributed by atoms with Crippen LogP contribution in [0.15, 0.2) is 0 Å². The molecule has 1 fully saturated rings. The molecule has 1 aliphatic carbocycles. The number of nitrogens with zero attached hydrogens (tertiary/aromatic N) is 1. The van der Waals surface area contributed by atoms with Gasteiger partial charge >= 0.3 is 0 Å². The maximum absolute atomic E-state index is 10.3. The first kappa shape index (κ1) is 14.3. The summed E-state index contributed by atoms with van der Waals surface area (Å²) in [6.45, 7) is 6.37. The molecule has 0 aromatic heterocycles. The molecule has 1 atom stereocenters. The lowest BCUT2D eigenvalue weighted by Gasteiger charge is -2.31. The minimum Gasteiger partial charge on any atom is -0.389 e. The molecular formula is C13H27NOS. The van der Waals surface area contributed by atoms with Gasteiger partial charge < -0.3 is 10.0 Å². The summed E-state index contributed by atoms with van der Waals surface area (Å²) in [5.74, 6) is 2.22. The lowest BCUT2D eigenvalue weighted by atomic mass is 9.96. The van der Waals surface area contributed by atoms with E-state index in [0.29, 0.717) is 11.8 Å². The number of thiol groups is 1. The number of aliphatic hydroxyl groups is 1. The standard InChI is InChI=1S/C13H27NOS/c1-11(2)12(9-16)8-14(3)10-13(15)6-4-5-7-13/h11-12,15-16H,4-10H2,1-3H3. The van der Waals surface area contributed by atoms with Gasteiger partial charge in [-0.05, 0) is 37.5 Å². The summed E-state index contributed by atoms with van der Waals surface area (Å²) in [5.41, 5.74) is -0.410. The predicted octanol–water partition coefficient (Wildman–Crippen LogP) is 2.43. The average molecular weight is 245 g/mol. The molecule has 1 N–H and O–H groups in total. The van der Waals surface area contributed by atoms with E-state index in [1.807, 2.05) is 0 Å². The molecular weight excluding hydrogens is 218 g/mol. The molecule has 0 aromatic carbocycles. The number of hydrogen-bond donors (Lipinski definition) is 2. The number of likely N-dealkylation sites (N-methyl/N-ethyl adjacent to an activating group) is 1. The van der Waals surface area contributed by atoms with Crippen LogP contribution in [0.3, 0.4) is 0 Å². The fourth-order valence-electron chi connectivity index (χ4n) is 2.64. The molecule has 0 saturated heterocycles. The van der Waals surface area contributed by atoms with Crippen molar-refractivity contribution in [3.8, 4) is 0 Å². The van der Waals surface area contributed by atoms with Crippen LogP contribution in [0.4, 0.5) is 0 Å². The van der Waals surface area contributed by atoms with E-state index in [9.17, 15) is 5.11 Å². The van der Waals surface area contributed by atoms with E-state index in [-0.39, 0.29) is 0 Å². The van der Waals surface area contributed by atoms with Crippen LogP contribution in [0.2, 0.25) is 0 Å². The van der Waals surface area contributed by atoms with Crippen molar-refractivity contribution < 1.29 is 5.11 Å². The van der Waals surface area contributed by atoms with E-state index in [1.54, 1.807) is 0 Å². The maximum atomic E-state index is 10.3. The minimum absolute atomic E-state index is 0.410. The van der Waals surface area contributed by atoms with Crippen molar-refractivity contribution in [3.05, 3.63) is 0 Å². The van der Waals surface area contributed by atoms with E-state index in [0.717, 1.165) is 31.7 Å². The van der Waals surface area contributed by atoms with Crippen molar-refractivity contribution in [1.82, 2.24) is 4.90 Å². The maximum Gasteiger partial charge on any atom is 0.0774 e. The van der Waals surface area contributed by atoms with Crippen LogP contribution in [0.25, 0.3) is 0 Å². The van der Waals surface area contributed by atoms with Gasteiger partial charge in [0.05, 0.1) is 5.60 Å². The van der Waals surface area contributed by atoms with Crippen molar-refractivity contribution in [2.75, 3.05) is 25.9 Å². The Morgan fingerprint density at radius 1 is 1.31 bits per heavy atom. The summed E-state index contributed by atoms with van der Waals surface area (Å²) < 4.78 is 0. The fraction of sp³-hybridized carbons (Fsp3) is 1.00. The molecule has 1 rings (SSSR count). The molecule has 0 amide bonds. The normalized spacial score (nSPS) is 21.9. The Morgan fingerprint density at radius 3 is 2.31 bits per heavy atom. The topological polar surface area (TPSA) is 23.5 Å². The Balaban J connectivity index is 2.36. The molecule has 0 aromatic rings. The summed E-state index contributed by atoms with van der Waals surface area (Å²) in [6.07, 6.45) is 4.32. The third kappa shape index (κ3) is 4.27. The van der Waals surface area contributed by atoms with Crippen LogP contribution in [0.1, 0.15) is 39.5 Å². The van der Waals surface area contributed by atoms with Gasteiger partial charge in [0.1, 0.15) is 0 Å². The van der Waals surface area contributed by atoms with Crippen LogP contribution >= 0.6 is 12.6 Å². The zero-order chi connectivity index (χ0) is 12.2. The third-order valence-electron chi connectivity index (χ3n) is 3.82. The summed E-state index contributed by atoms with van der Waals surface area (Å²) in [4.78, 5) is 2.28. The highest BCUT2D eigenvalue weighted by molar-refractivity contribution is 7.80. The Morgan fingerprint density at radius 2 is 1.88 bits per heavy atom. The van der Waals surface area contributed by atoms with E-state index in [2.05, 4.69) is 38.4 Å². The van der Waals surface area contributed by atoms with Crippen molar-refractivity contribution in [2.24, 2.45) is 11.8 Å². The van der Waals surface area contributed by atoms with Gasteiger partial charge in [-0.2, -0.15) is 12.6 Å². The largest absolute Gasteiger partial charge is 0.389 e. The molecule has 0 radical (unpaired) electrons. The predicted molar refractivity (Wildman–Crippen MR) is 73.1 cm³/mol. The first-order valence-electron chi connectivity index (χ1n) is 6.48. The molecule has 0 bridgehead atoms. The summed E-state index contributed by atoms with van der Waals surface area (Å²) >= 11 is 4.41. The van der Waals surface area contributed by atoms with Gasteiger partial charge in [0.25, 0.3) is 0 Å². The van der Waals surface area contributed by atoms with Gasteiger partial charge in [-0.15, -0.1) is 0 Å². The molecule has 1 unspecified atom stereocenters. The van der Waals surface area contributed by atoms with Gasteiger partial charge in [0.2, 0.25) is 0 Å². The minimum atomic E-state index is -0.410. The quantitative estimate of drug-likeness (QED) is 0.702. The second kappa shape index (κ2) is 6.27. The molecule has 0 aliphatic heterocycles. The highest BCUT2D eigenvalue weighted by Crippen LogP contribution is 2.30. The number of hydrogen-bond acceptors (Lipinski definition) is 3. The molecule has 2 nitrogen and oxygen atoms in total. The van der Waals surface area contributed by atoms with E-state index in [4.69, 9.17) is 0 Å². The van der Waals surface area contributed by atoms with Crippen LogP contribution in [-0.2, 0) is 0 Å². The highest BCUT2D eigenvalue weighted by Gasteiger charge is 2.32. The second-order valence-electron chi connectivity index (χ2n) is 5.81. The zero-order valence-electron chi connectivity index (χ0n) is 10.9. The first-order chi connectivity index (χ1) is 7.47. The summed E-state index contributed by atoms with van der Waals surface area (Å²) in [7, 11) is 2.12. The molecule has 0 spiro atoms. The van der Waals surface area contributed by atoms with Gasteiger partial charge in [-0.1, -0.05) is 26.7 Å². The summed E-state index contributed by atoms with van der Waals surface area (Å²) in [5, 5.41) is 10.3. The molecule has 1 aliphatic rings. The van der Waals surface area contributed by atoms with Gasteiger partial charge in [-0.3, -0.25) is 0 Å². The molecule has 16 heavy (non-hydrogen) atoms. The van der Waals surface area contributed by atoms with Crippen LogP contribution in [0, 0.1) is 11.8 Å². The van der Waals surface area contributed by atoms with Gasteiger partial charge in [-0.25, -0.2) is 0 Å². The Hall–Kier alpha value is 0.270. The first-order valence-corrected chi connectivity index (χ1v) is 7.12. The van der Waals surface area contributed by atoms with Crippen LogP contribution < -0.4 is 0 Å². The zero-order valence-corrected chi connectivity index (χ0v) is 11.8. The van der Waals surface area contributed by atoms with Gasteiger partial charge in [0, 0.05) is 13.1 Å². The molecule has 3 heteroatoms. The van der Waals surface area contributed by atoms with Crippen molar-refractivity contribution in [1.29, 1.82) is 0 Å².